The zero-order valence-electron chi connectivity index (χ0n) is 14.2. The number of oxazole rings is 1. The van der Waals surface area contributed by atoms with E-state index in [-0.39, 0.29) is 0 Å². The van der Waals surface area contributed by atoms with Gasteiger partial charge in [0.1, 0.15) is 5.03 Å². The van der Waals surface area contributed by atoms with Gasteiger partial charge in [0, 0.05) is 26.4 Å². The summed E-state index contributed by atoms with van der Waals surface area (Å²) in [5.41, 5.74) is 3.16. The fourth-order valence-corrected chi connectivity index (χ4v) is 3.95. The molecule has 0 bridgehead atoms. The fourth-order valence-electron chi connectivity index (χ4n) is 2.63. The molecule has 0 atom stereocenters. The molecule has 0 spiro atoms. The van der Waals surface area contributed by atoms with Crippen LogP contribution in [0.15, 0.2) is 92.8 Å². The number of aromatic nitrogens is 1. The third kappa shape index (κ3) is 4.46. The van der Waals surface area contributed by atoms with Crippen LogP contribution in [0.2, 0.25) is 5.02 Å². The molecule has 1 aromatic heterocycles. The average Bonchev–Trinajstić information content (AvgIpc) is 3.12. The normalized spacial score (nSPS) is 10.9. The Hall–Kier alpha value is -2.01. The lowest BCUT2D eigenvalue weighted by Crippen LogP contribution is -1.83. The van der Waals surface area contributed by atoms with Crippen LogP contribution in [0, 0.1) is 0 Å². The molecule has 0 unspecified atom stereocenters. The molecule has 4 aromatic rings. The van der Waals surface area contributed by atoms with E-state index in [1.807, 2.05) is 66.7 Å². The van der Waals surface area contributed by atoms with Crippen molar-refractivity contribution in [3.63, 3.8) is 0 Å². The van der Waals surface area contributed by atoms with Gasteiger partial charge in [-0.2, -0.15) is 0 Å². The van der Waals surface area contributed by atoms with Gasteiger partial charge in [-0.25, -0.2) is 4.98 Å². The second-order valence-corrected chi connectivity index (χ2v) is 8.26. The summed E-state index contributed by atoms with van der Waals surface area (Å²) in [4.78, 5) is 4.77. The molecule has 134 valence electrons. The van der Waals surface area contributed by atoms with Crippen molar-refractivity contribution >= 4 is 39.3 Å². The lowest BCUT2D eigenvalue weighted by Gasteiger charge is -2.02. The van der Waals surface area contributed by atoms with E-state index in [1.165, 1.54) is 5.56 Å². The van der Waals surface area contributed by atoms with Crippen LogP contribution in [-0.2, 0) is 5.75 Å². The molecule has 0 aliphatic heterocycles. The molecule has 0 N–H and O–H groups in total. The molecule has 3 aromatic carbocycles. The third-order valence-electron chi connectivity index (χ3n) is 4.01. The number of nitrogens with zero attached hydrogens (tertiary/aromatic N) is 1. The SMILES string of the molecule is Clc1ccc(-c2oc(-c3ccc(Br)cc3)nc2SCc2ccccc2)cc1. The summed E-state index contributed by atoms with van der Waals surface area (Å²) in [5.74, 6) is 2.21. The van der Waals surface area contributed by atoms with Crippen molar-refractivity contribution in [2.24, 2.45) is 0 Å². The number of hydrogen-bond donors (Lipinski definition) is 0. The van der Waals surface area contributed by atoms with E-state index in [2.05, 4.69) is 28.1 Å². The lowest BCUT2D eigenvalue weighted by atomic mass is 10.2. The maximum absolute atomic E-state index is 6.16. The second kappa shape index (κ2) is 8.34. The molecule has 4 rings (SSSR count). The van der Waals surface area contributed by atoms with Crippen LogP contribution in [0.4, 0.5) is 0 Å². The highest BCUT2D eigenvalue weighted by Crippen LogP contribution is 2.37. The van der Waals surface area contributed by atoms with Gasteiger partial charge in [-0.05, 0) is 54.1 Å². The molecule has 2 nitrogen and oxygen atoms in total. The number of rotatable bonds is 5. The van der Waals surface area contributed by atoms with Crippen LogP contribution < -0.4 is 0 Å². The van der Waals surface area contributed by atoms with Crippen molar-refractivity contribution in [3.8, 4) is 22.8 Å². The Morgan fingerprint density at radius 1 is 0.852 bits per heavy atom. The van der Waals surface area contributed by atoms with Crippen molar-refractivity contribution < 1.29 is 4.42 Å². The van der Waals surface area contributed by atoms with Gasteiger partial charge in [-0.15, -0.1) is 0 Å². The van der Waals surface area contributed by atoms with E-state index in [4.69, 9.17) is 21.0 Å². The van der Waals surface area contributed by atoms with E-state index >= 15 is 0 Å². The van der Waals surface area contributed by atoms with Crippen LogP contribution in [-0.4, -0.2) is 4.98 Å². The molecular formula is C22H15BrClNOS. The number of hydrogen-bond acceptors (Lipinski definition) is 3. The molecule has 0 fully saturated rings. The minimum Gasteiger partial charge on any atom is -0.435 e. The lowest BCUT2D eigenvalue weighted by molar-refractivity contribution is 0.586. The monoisotopic (exact) mass is 455 g/mol. The maximum atomic E-state index is 6.16. The summed E-state index contributed by atoms with van der Waals surface area (Å²) in [6.45, 7) is 0. The highest BCUT2D eigenvalue weighted by molar-refractivity contribution is 9.10. The average molecular weight is 457 g/mol. The predicted molar refractivity (Wildman–Crippen MR) is 116 cm³/mol. The van der Waals surface area contributed by atoms with Crippen LogP contribution in [0.25, 0.3) is 22.8 Å². The summed E-state index contributed by atoms with van der Waals surface area (Å²) >= 11 is 11.2. The number of benzene rings is 3. The Kier molecular flexibility index (Phi) is 5.67. The van der Waals surface area contributed by atoms with Crippen LogP contribution in [0.3, 0.4) is 0 Å². The summed E-state index contributed by atoms with van der Waals surface area (Å²) in [6.07, 6.45) is 0. The molecule has 0 radical (unpaired) electrons. The van der Waals surface area contributed by atoms with Gasteiger partial charge >= 0.3 is 0 Å². The first kappa shape index (κ1) is 18.4. The van der Waals surface area contributed by atoms with Gasteiger partial charge in [-0.1, -0.05) is 69.6 Å². The van der Waals surface area contributed by atoms with E-state index in [1.54, 1.807) is 11.8 Å². The van der Waals surface area contributed by atoms with E-state index in [0.717, 1.165) is 32.1 Å². The van der Waals surface area contributed by atoms with E-state index in [9.17, 15) is 0 Å². The molecule has 0 amide bonds. The minimum absolute atomic E-state index is 0.614. The standard InChI is InChI=1S/C22H15BrClNOS/c23-18-10-6-17(7-11-18)21-25-22(27-14-15-4-2-1-3-5-15)20(26-21)16-8-12-19(24)13-9-16/h1-13H,14H2. The minimum atomic E-state index is 0.614. The van der Waals surface area contributed by atoms with Crippen LogP contribution >= 0.6 is 39.3 Å². The largest absolute Gasteiger partial charge is 0.435 e. The number of thioether (sulfide) groups is 1. The molecule has 5 heteroatoms. The third-order valence-corrected chi connectivity index (χ3v) is 5.82. The van der Waals surface area contributed by atoms with Crippen LogP contribution in [0.5, 0.6) is 0 Å². The molecule has 0 aliphatic rings. The van der Waals surface area contributed by atoms with Crippen molar-refractivity contribution in [2.75, 3.05) is 0 Å². The van der Waals surface area contributed by atoms with Gasteiger partial charge < -0.3 is 4.42 Å². The molecule has 27 heavy (non-hydrogen) atoms. The Labute approximate surface area is 175 Å². The Morgan fingerprint density at radius 2 is 1.52 bits per heavy atom. The van der Waals surface area contributed by atoms with E-state index < -0.39 is 0 Å². The topological polar surface area (TPSA) is 26.0 Å². The highest BCUT2D eigenvalue weighted by Gasteiger charge is 2.17. The fraction of sp³-hybridized carbons (Fsp3) is 0.0455. The van der Waals surface area contributed by atoms with Crippen molar-refractivity contribution in [1.29, 1.82) is 0 Å². The number of halogens is 2. The van der Waals surface area contributed by atoms with Gasteiger partial charge in [0.15, 0.2) is 5.76 Å². The first-order valence-electron chi connectivity index (χ1n) is 8.38. The molecule has 0 saturated carbocycles. The molecule has 0 aliphatic carbocycles. The Morgan fingerprint density at radius 3 is 2.22 bits per heavy atom. The first-order chi connectivity index (χ1) is 13.2. The van der Waals surface area contributed by atoms with Gasteiger partial charge in [0.25, 0.3) is 0 Å². The smallest absolute Gasteiger partial charge is 0.227 e. The summed E-state index contributed by atoms with van der Waals surface area (Å²) in [5, 5.41) is 1.57. The van der Waals surface area contributed by atoms with Gasteiger partial charge in [-0.3, -0.25) is 0 Å². The molecular weight excluding hydrogens is 442 g/mol. The van der Waals surface area contributed by atoms with Gasteiger partial charge in [0.05, 0.1) is 0 Å². The highest BCUT2D eigenvalue weighted by atomic mass is 79.9. The van der Waals surface area contributed by atoms with Crippen molar-refractivity contribution in [2.45, 2.75) is 10.8 Å². The Bertz CT molecular complexity index is 1030. The predicted octanol–water partition coefficient (Wildman–Crippen LogP) is 7.72. The second-order valence-electron chi connectivity index (χ2n) is 5.94. The summed E-state index contributed by atoms with van der Waals surface area (Å²) in [6, 6.07) is 26.0. The van der Waals surface area contributed by atoms with Crippen LogP contribution in [0.1, 0.15) is 5.56 Å². The Balaban J connectivity index is 1.70. The molecule has 1 heterocycles. The summed E-state index contributed by atoms with van der Waals surface area (Å²) < 4.78 is 7.19. The zero-order chi connectivity index (χ0) is 18.6. The molecule has 0 saturated heterocycles. The first-order valence-corrected chi connectivity index (χ1v) is 10.5. The van der Waals surface area contributed by atoms with Crippen molar-refractivity contribution in [1.82, 2.24) is 4.98 Å². The maximum Gasteiger partial charge on any atom is 0.227 e. The van der Waals surface area contributed by atoms with Gasteiger partial charge in [0.2, 0.25) is 5.89 Å². The zero-order valence-corrected chi connectivity index (χ0v) is 17.4. The van der Waals surface area contributed by atoms with Crippen molar-refractivity contribution in [3.05, 3.63) is 93.9 Å². The quantitative estimate of drug-likeness (QED) is 0.287. The van der Waals surface area contributed by atoms with E-state index in [0.29, 0.717) is 10.9 Å². The summed E-state index contributed by atoms with van der Waals surface area (Å²) in [7, 11) is 0.